The van der Waals surface area contributed by atoms with Crippen LogP contribution in [0.25, 0.3) is 5.52 Å². The maximum absolute atomic E-state index is 12.9. The average Bonchev–Trinajstić information content (AvgIpc) is 3.23. The third-order valence-electron chi connectivity index (χ3n) is 5.32. The van der Waals surface area contributed by atoms with Crippen molar-refractivity contribution >= 4 is 51.8 Å². The zero-order chi connectivity index (χ0) is 21.9. The van der Waals surface area contributed by atoms with E-state index in [9.17, 15) is 18.0 Å². The summed E-state index contributed by atoms with van der Waals surface area (Å²) in [6, 6.07) is 5.20. The minimum Gasteiger partial charge on any atom is -0.444 e. The number of amides is 1. The van der Waals surface area contributed by atoms with Crippen LogP contribution in [0.3, 0.4) is 0 Å². The van der Waals surface area contributed by atoms with Crippen molar-refractivity contribution in [2.45, 2.75) is 55.2 Å². The first kappa shape index (κ1) is 21.8. The number of likely N-dealkylation sites (tertiary alicyclic amines) is 1. The zero-order valence-electron chi connectivity index (χ0n) is 16.7. The molecule has 1 amide bonds. The number of thioether (sulfide) groups is 1. The molecule has 1 N–H and O–H groups in total. The molecule has 1 saturated carbocycles. The number of piperidine rings is 1. The molecule has 0 spiro atoms. The van der Waals surface area contributed by atoms with Gasteiger partial charge in [-0.3, -0.25) is 0 Å². The van der Waals surface area contributed by atoms with Gasteiger partial charge >= 0.3 is 11.6 Å². The van der Waals surface area contributed by atoms with Crippen molar-refractivity contribution in [3.63, 3.8) is 0 Å². The van der Waals surface area contributed by atoms with E-state index in [0.29, 0.717) is 28.1 Å². The number of nitrogens with zero attached hydrogens (tertiary/aromatic N) is 3. The number of aromatic nitrogens is 2. The van der Waals surface area contributed by atoms with E-state index in [1.165, 1.54) is 0 Å². The maximum Gasteiger partial charge on any atom is 0.446 e. The molecule has 2 aromatic rings. The van der Waals surface area contributed by atoms with Crippen LogP contribution in [0.15, 0.2) is 23.1 Å². The topological polar surface area (TPSA) is 58.9 Å². The van der Waals surface area contributed by atoms with Gasteiger partial charge in [0.1, 0.15) is 15.1 Å². The summed E-state index contributed by atoms with van der Waals surface area (Å²) in [7, 11) is 0. The van der Waals surface area contributed by atoms with E-state index in [1.54, 1.807) is 21.5 Å². The van der Waals surface area contributed by atoms with Gasteiger partial charge in [-0.25, -0.2) is 9.31 Å². The highest BCUT2D eigenvalue weighted by Gasteiger charge is 2.58. The fraction of sp³-hybridized carbons (Fsp3) is 0.579. The predicted octanol–water partition coefficient (Wildman–Crippen LogP) is 5.36. The minimum absolute atomic E-state index is 0.108. The molecule has 2 fully saturated rings. The monoisotopic (exact) mass is 554 g/mol. The molecule has 0 aromatic carbocycles. The molecule has 30 heavy (non-hydrogen) atoms. The number of ether oxygens (including phenoxy) is 1. The third kappa shape index (κ3) is 4.46. The normalized spacial score (nSPS) is 24.0. The summed E-state index contributed by atoms with van der Waals surface area (Å²) >= 11 is 1.70. The number of alkyl halides is 3. The maximum atomic E-state index is 12.9. The van der Waals surface area contributed by atoms with Crippen LogP contribution in [-0.4, -0.2) is 50.3 Å². The number of halogens is 4. The molecule has 1 saturated heterocycles. The first-order chi connectivity index (χ1) is 13.9. The van der Waals surface area contributed by atoms with Gasteiger partial charge in [-0.2, -0.15) is 18.3 Å². The van der Waals surface area contributed by atoms with E-state index in [4.69, 9.17) is 4.74 Å². The molecular weight excluding hydrogens is 532 g/mol. The number of nitrogens with one attached hydrogen (secondary N) is 1. The van der Waals surface area contributed by atoms with Crippen molar-refractivity contribution in [3.05, 3.63) is 21.9 Å². The lowest BCUT2D eigenvalue weighted by atomic mass is 10.0. The van der Waals surface area contributed by atoms with Crippen LogP contribution in [0.4, 0.5) is 23.8 Å². The van der Waals surface area contributed by atoms with E-state index >= 15 is 0 Å². The second-order valence-electron chi connectivity index (χ2n) is 8.73. The first-order valence-electron chi connectivity index (χ1n) is 9.56. The van der Waals surface area contributed by atoms with Crippen molar-refractivity contribution in [3.8, 4) is 0 Å². The molecule has 1 aliphatic heterocycles. The van der Waals surface area contributed by atoms with Crippen LogP contribution in [0, 0.1) is 9.62 Å². The Morgan fingerprint density at radius 1 is 1.37 bits per heavy atom. The van der Waals surface area contributed by atoms with Crippen molar-refractivity contribution in [1.29, 1.82) is 0 Å². The highest BCUT2D eigenvalue weighted by Crippen LogP contribution is 2.52. The number of hydrogen-bond acceptors (Lipinski definition) is 5. The van der Waals surface area contributed by atoms with E-state index in [-0.39, 0.29) is 34.2 Å². The van der Waals surface area contributed by atoms with Crippen LogP contribution >= 0.6 is 34.4 Å². The Hall–Kier alpha value is -1.37. The molecule has 1 aliphatic carbocycles. The second-order valence-corrected chi connectivity index (χ2v) is 10.8. The Morgan fingerprint density at radius 2 is 2.10 bits per heavy atom. The largest absolute Gasteiger partial charge is 0.446 e. The molecule has 2 aromatic heterocycles. The van der Waals surface area contributed by atoms with Gasteiger partial charge in [-0.15, -0.1) is 0 Å². The SMILES string of the molecule is CC(C)(C)OC(=O)N1CCC2(Nc3cccc4c(SC(F)(F)F)c(I)nn34)CC2C1. The van der Waals surface area contributed by atoms with E-state index in [1.807, 2.05) is 49.4 Å². The van der Waals surface area contributed by atoms with Crippen molar-refractivity contribution in [1.82, 2.24) is 14.5 Å². The number of pyridine rings is 1. The summed E-state index contributed by atoms with van der Waals surface area (Å²) in [6.45, 7) is 6.70. The van der Waals surface area contributed by atoms with Crippen LogP contribution < -0.4 is 5.32 Å². The fourth-order valence-electron chi connectivity index (χ4n) is 3.91. The summed E-state index contributed by atoms with van der Waals surface area (Å²) in [5.41, 5.74) is -4.65. The van der Waals surface area contributed by atoms with E-state index in [0.717, 1.165) is 12.8 Å². The summed E-state index contributed by atoms with van der Waals surface area (Å²) in [4.78, 5) is 14.2. The van der Waals surface area contributed by atoms with Crippen molar-refractivity contribution in [2.24, 2.45) is 5.92 Å². The number of anilines is 1. The highest BCUT2D eigenvalue weighted by molar-refractivity contribution is 14.1. The Kier molecular flexibility index (Phi) is 5.35. The smallest absolute Gasteiger partial charge is 0.444 e. The lowest BCUT2D eigenvalue weighted by Gasteiger charge is -2.34. The lowest BCUT2D eigenvalue weighted by molar-refractivity contribution is -0.0328. The first-order valence-corrected chi connectivity index (χ1v) is 11.5. The molecule has 0 bridgehead atoms. The van der Waals surface area contributed by atoms with Gasteiger partial charge in [-0.1, -0.05) is 6.07 Å². The Bertz CT molecular complexity index is 991. The lowest BCUT2D eigenvalue weighted by Crippen LogP contribution is -2.45. The molecule has 11 heteroatoms. The summed E-state index contributed by atoms with van der Waals surface area (Å²) in [5.74, 6) is 0.931. The van der Waals surface area contributed by atoms with Gasteiger partial charge in [0.2, 0.25) is 0 Å². The molecule has 164 valence electrons. The quantitative estimate of drug-likeness (QED) is 0.409. The zero-order valence-corrected chi connectivity index (χ0v) is 19.7. The molecular formula is C19H22F3IN4O2S. The van der Waals surface area contributed by atoms with Gasteiger partial charge < -0.3 is 15.0 Å². The van der Waals surface area contributed by atoms with Gasteiger partial charge in [0, 0.05) is 24.5 Å². The number of carbonyl (C=O) groups excluding carboxylic acids is 1. The van der Waals surface area contributed by atoms with Gasteiger partial charge in [0.25, 0.3) is 0 Å². The summed E-state index contributed by atoms with van der Waals surface area (Å²) in [6.07, 6.45) is 1.33. The Morgan fingerprint density at radius 3 is 2.73 bits per heavy atom. The molecule has 2 atom stereocenters. The van der Waals surface area contributed by atoms with Crippen molar-refractivity contribution < 1.29 is 22.7 Å². The van der Waals surface area contributed by atoms with Crippen LogP contribution in [0.5, 0.6) is 0 Å². The standard InChI is InChI=1S/C19H22F3IN4O2S/c1-17(2,3)29-16(28)26-8-7-18(9-11(18)10-26)24-13-6-4-5-12-14(30-19(20,21)22)15(23)25-27(12)13/h4-6,11,24H,7-10H2,1-3H3. The Balaban J connectivity index is 1.50. The van der Waals surface area contributed by atoms with Crippen LogP contribution in [-0.2, 0) is 4.74 Å². The Labute approximate surface area is 190 Å². The van der Waals surface area contributed by atoms with Gasteiger partial charge in [-0.05, 0) is 80.1 Å². The highest BCUT2D eigenvalue weighted by atomic mass is 127. The summed E-state index contributed by atoms with van der Waals surface area (Å²) in [5, 5.41) is 7.84. The molecule has 3 heterocycles. The van der Waals surface area contributed by atoms with Gasteiger partial charge in [0.05, 0.1) is 10.4 Å². The average molecular weight is 554 g/mol. The fourth-order valence-corrected chi connectivity index (χ4v) is 5.34. The van der Waals surface area contributed by atoms with E-state index < -0.39 is 11.1 Å². The molecule has 6 nitrogen and oxygen atoms in total. The van der Waals surface area contributed by atoms with Crippen LogP contribution in [0.2, 0.25) is 0 Å². The molecule has 2 unspecified atom stereocenters. The third-order valence-corrected chi connectivity index (χ3v) is 7.28. The second kappa shape index (κ2) is 7.35. The number of rotatable bonds is 3. The predicted molar refractivity (Wildman–Crippen MR) is 117 cm³/mol. The molecule has 2 aliphatic rings. The minimum atomic E-state index is -4.37. The van der Waals surface area contributed by atoms with E-state index in [2.05, 4.69) is 10.4 Å². The van der Waals surface area contributed by atoms with Gasteiger partial charge in [0.15, 0.2) is 0 Å². The summed E-state index contributed by atoms with van der Waals surface area (Å²) < 4.78 is 46.1. The number of carbonyl (C=O) groups is 1. The molecule has 4 rings (SSSR count). The van der Waals surface area contributed by atoms with Crippen molar-refractivity contribution in [2.75, 3.05) is 18.4 Å². The van der Waals surface area contributed by atoms with Crippen LogP contribution in [0.1, 0.15) is 33.6 Å². The number of hydrogen-bond donors (Lipinski definition) is 1. The molecule has 0 radical (unpaired) electrons. The number of fused-ring (bicyclic) bond motifs is 2.